The third kappa shape index (κ3) is 2.03. The number of rotatable bonds is 3. The lowest BCUT2D eigenvalue weighted by Gasteiger charge is -1.98. The molecule has 0 spiro atoms. The van der Waals surface area contributed by atoms with E-state index in [0.29, 0.717) is 5.82 Å². The summed E-state index contributed by atoms with van der Waals surface area (Å²) in [5.74, 6) is 0.606. The highest BCUT2D eigenvalue weighted by Crippen LogP contribution is 2.17. The van der Waals surface area contributed by atoms with Crippen LogP contribution < -0.4 is 5.73 Å². The van der Waals surface area contributed by atoms with Crippen molar-refractivity contribution in [2.24, 2.45) is 5.73 Å². The lowest BCUT2D eigenvalue weighted by atomic mass is 10.2. The third-order valence-corrected chi connectivity index (χ3v) is 1.98. The van der Waals surface area contributed by atoms with Crippen LogP contribution in [0.4, 0.5) is 0 Å². The van der Waals surface area contributed by atoms with Crippen molar-refractivity contribution < 1.29 is 9.63 Å². The number of hydrogen-bond donors (Lipinski definition) is 2. The topological polar surface area (TPSA) is 85.2 Å². The van der Waals surface area contributed by atoms with Crippen LogP contribution in [0.25, 0.3) is 11.4 Å². The Labute approximate surface area is 86.5 Å². The van der Waals surface area contributed by atoms with Gasteiger partial charge in [-0.3, -0.25) is 0 Å². The van der Waals surface area contributed by atoms with Gasteiger partial charge in [0.05, 0.1) is 0 Å². The van der Waals surface area contributed by atoms with E-state index in [1.54, 1.807) is 0 Å². The van der Waals surface area contributed by atoms with E-state index >= 15 is 0 Å². The molecule has 0 aliphatic heterocycles. The number of nitrogens with two attached hydrogens (primary N) is 1. The first-order chi connectivity index (χ1) is 7.31. The molecule has 1 aromatic carbocycles. The molecule has 0 saturated heterocycles. The van der Waals surface area contributed by atoms with Crippen molar-refractivity contribution in [3.05, 3.63) is 36.2 Å². The van der Waals surface area contributed by atoms with Gasteiger partial charge in [0.25, 0.3) is 5.89 Å². The van der Waals surface area contributed by atoms with E-state index in [1.807, 2.05) is 30.3 Å². The van der Waals surface area contributed by atoms with Gasteiger partial charge < -0.3 is 15.4 Å². The van der Waals surface area contributed by atoms with Crippen LogP contribution in [0, 0.1) is 0 Å². The molecule has 0 aliphatic rings. The molecule has 0 radical (unpaired) electrons. The predicted octanol–water partition coefficient (Wildman–Crippen LogP) is 0.729. The molecule has 1 aromatic heterocycles. The van der Waals surface area contributed by atoms with Crippen LogP contribution in [-0.2, 0) is 0 Å². The van der Waals surface area contributed by atoms with Crippen molar-refractivity contribution in [2.75, 3.05) is 6.54 Å². The SMILES string of the molecule is NCC(O)c1nc(-c2ccccc2)no1. The van der Waals surface area contributed by atoms with Gasteiger partial charge in [0.2, 0.25) is 5.82 Å². The lowest BCUT2D eigenvalue weighted by Crippen LogP contribution is -2.11. The molecule has 1 unspecified atom stereocenters. The Morgan fingerprint density at radius 1 is 1.33 bits per heavy atom. The molecule has 2 aromatic rings. The summed E-state index contributed by atoms with van der Waals surface area (Å²) in [5.41, 5.74) is 6.12. The summed E-state index contributed by atoms with van der Waals surface area (Å²) in [5, 5.41) is 13.1. The Morgan fingerprint density at radius 3 is 2.73 bits per heavy atom. The molecule has 0 bridgehead atoms. The largest absolute Gasteiger partial charge is 0.382 e. The summed E-state index contributed by atoms with van der Waals surface area (Å²) in [6.45, 7) is 0.0659. The monoisotopic (exact) mass is 205 g/mol. The summed E-state index contributed by atoms with van der Waals surface area (Å²) in [7, 11) is 0. The first kappa shape index (κ1) is 9.82. The molecule has 78 valence electrons. The molecule has 15 heavy (non-hydrogen) atoms. The average molecular weight is 205 g/mol. The molecule has 5 heteroatoms. The van der Waals surface area contributed by atoms with E-state index in [9.17, 15) is 5.11 Å². The van der Waals surface area contributed by atoms with Gasteiger partial charge in [0.1, 0.15) is 6.10 Å². The fourth-order valence-corrected chi connectivity index (χ4v) is 1.18. The zero-order valence-electron chi connectivity index (χ0n) is 8.00. The maximum atomic E-state index is 9.37. The van der Waals surface area contributed by atoms with Gasteiger partial charge >= 0.3 is 0 Å². The number of benzene rings is 1. The Balaban J connectivity index is 2.28. The van der Waals surface area contributed by atoms with Gasteiger partial charge in [-0.2, -0.15) is 4.98 Å². The van der Waals surface area contributed by atoms with Crippen LogP contribution in [0.5, 0.6) is 0 Å². The van der Waals surface area contributed by atoms with Gasteiger partial charge in [-0.05, 0) is 0 Å². The summed E-state index contributed by atoms with van der Waals surface area (Å²) in [4.78, 5) is 4.04. The first-order valence-corrected chi connectivity index (χ1v) is 4.58. The van der Waals surface area contributed by atoms with Crippen LogP contribution in [-0.4, -0.2) is 21.8 Å². The Kier molecular flexibility index (Phi) is 2.75. The fourth-order valence-electron chi connectivity index (χ4n) is 1.18. The van der Waals surface area contributed by atoms with Crippen LogP contribution in [0.3, 0.4) is 0 Å². The van der Waals surface area contributed by atoms with Gasteiger partial charge in [0, 0.05) is 12.1 Å². The van der Waals surface area contributed by atoms with E-state index < -0.39 is 6.10 Å². The molecule has 0 aliphatic carbocycles. The van der Waals surface area contributed by atoms with Crippen molar-refractivity contribution in [1.29, 1.82) is 0 Å². The van der Waals surface area contributed by atoms with Crippen LogP contribution in [0.2, 0.25) is 0 Å². The molecule has 0 amide bonds. The number of aromatic nitrogens is 2. The number of hydrogen-bond acceptors (Lipinski definition) is 5. The standard InChI is InChI=1S/C10H11N3O2/c11-6-8(14)10-12-9(13-15-10)7-4-2-1-3-5-7/h1-5,8,14H,6,11H2. The van der Waals surface area contributed by atoms with E-state index in [4.69, 9.17) is 10.3 Å². The van der Waals surface area contributed by atoms with Crippen LogP contribution >= 0.6 is 0 Å². The predicted molar refractivity (Wildman–Crippen MR) is 53.7 cm³/mol. The molecule has 5 nitrogen and oxygen atoms in total. The van der Waals surface area contributed by atoms with Crippen molar-refractivity contribution in [3.63, 3.8) is 0 Å². The first-order valence-electron chi connectivity index (χ1n) is 4.58. The zero-order valence-corrected chi connectivity index (χ0v) is 8.00. The van der Waals surface area contributed by atoms with Crippen molar-refractivity contribution in [2.45, 2.75) is 6.10 Å². The lowest BCUT2D eigenvalue weighted by molar-refractivity contribution is 0.141. The number of aliphatic hydroxyl groups is 1. The van der Waals surface area contributed by atoms with Crippen LogP contribution in [0.15, 0.2) is 34.9 Å². The molecule has 1 heterocycles. The highest BCUT2D eigenvalue weighted by Gasteiger charge is 2.14. The van der Waals surface area contributed by atoms with Gasteiger partial charge in [-0.25, -0.2) is 0 Å². The summed E-state index contributed by atoms with van der Waals surface area (Å²) < 4.78 is 4.88. The molecule has 3 N–H and O–H groups in total. The zero-order chi connectivity index (χ0) is 10.7. The normalized spacial score (nSPS) is 12.7. The van der Waals surface area contributed by atoms with Gasteiger partial charge in [-0.15, -0.1) is 0 Å². The van der Waals surface area contributed by atoms with E-state index in [-0.39, 0.29) is 12.4 Å². The average Bonchev–Trinajstić information content (AvgIpc) is 2.78. The van der Waals surface area contributed by atoms with Crippen LogP contribution in [0.1, 0.15) is 12.0 Å². The highest BCUT2D eigenvalue weighted by molar-refractivity contribution is 5.53. The molecule has 0 saturated carbocycles. The van der Waals surface area contributed by atoms with E-state index in [2.05, 4.69) is 10.1 Å². The van der Waals surface area contributed by atoms with E-state index in [0.717, 1.165) is 5.56 Å². The maximum Gasteiger partial charge on any atom is 0.257 e. The van der Waals surface area contributed by atoms with E-state index in [1.165, 1.54) is 0 Å². The molecule has 0 fully saturated rings. The summed E-state index contributed by atoms with van der Waals surface area (Å²) >= 11 is 0. The maximum absolute atomic E-state index is 9.37. The summed E-state index contributed by atoms with van der Waals surface area (Å²) in [6, 6.07) is 9.39. The number of nitrogens with zero attached hydrogens (tertiary/aromatic N) is 2. The second-order valence-corrected chi connectivity index (χ2v) is 3.07. The number of aliphatic hydroxyl groups excluding tert-OH is 1. The second kappa shape index (κ2) is 4.20. The van der Waals surface area contributed by atoms with Crippen molar-refractivity contribution in [1.82, 2.24) is 10.1 Å². The minimum Gasteiger partial charge on any atom is -0.382 e. The Morgan fingerprint density at radius 2 is 2.07 bits per heavy atom. The smallest absolute Gasteiger partial charge is 0.257 e. The molecule has 2 rings (SSSR count). The third-order valence-electron chi connectivity index (χ3n) is 1.98. The van der Waals surface area contributed by atoms with Gasteiger partial charge in [-0.1, -0.05) is 35.5 Å². The quantitative estimate of drug-likeness (QED) is 0.771. The Bertz CT molecular complexity index is 427. The molecule has 1 atom stereocenters. The molecular weight excluding hydrogens is 194 g/mol. The van der Waals surface area contributed by atoms with Crippen molar-refractivity contribution >= 4 is 0 Å². The highest BCUT2D eigenvalue weighted by atomic mass is 16.5. The Hall–Kier alpha value is -1.72. The second-order valence-electron chi connectivity index (χ2n) is 3.07. The van der Waals surface area contributed by atoms with Crippen molar-refractivity contribution in [3.8, 4) is 11.4 Å². The fraction of sp³-hybridized carbons (Fsp3) is 0.200. The minimum absolute atomic E-state index is 0.0659. The molecular formula is C10H11N3O2. The minimum atomic E-state index is -0.894. The van der Waals surface area contributed by atoms with Gasteiger partial charge in [0.15, 0.2) is 0 Å². The summed E-state index contributed by atoms with van der Waals surface area (Å²) in [6.07, 6.45) is -0.894.